The molecule has 0 N–H and O–H groups in total. The van der Waals surface area contributed by atoms with E-state index in [1.807, 2.05) is 36.4 Å². The summed E-state index contributed by atoms with van der Waals surface area (Å²) in [7, 11) is 0. The number of nitrogens with zero attached hydrogens (tertiary/aromatic N) is 3. The molecule has 0 aliphatic carbocycles. The summed E-state index contributed by atoms with van der Waals surface area (Å²) in [6.07, 6.45) is 1.70. The van der Waals surface area contributed by atoms with E-state index < -0.39 is 0 Å². The molecule has 2 heterocycles. The average molecular weight is 366 g/mol. The van der Waals surface area contributed by atoms with Gasteiger partial charge in [0.05, 0.1) is 17.4 Å². The van der Waals surface area contributed by atoms with Crippen LogP contribution >= 0.6 is 11.6 Å². The Morgan fingerprint density at radius 1 is 1.08 bits per heavy atom. The monoisotopic (exact) mass is 365 g/mol. The van der Waals surface area contributed by atoms with Crippen LogP contribution in [0.3, 0.4) is 0 Å². The number of anilines is 3. The standard InChI is InChI=1S/C21H20ClN3O/c1-2-24-15-25(21-20(24)12-17(22)13-23-21)18-8-10-19(11-9-18)26-14-16-6-4-3-5-7-16/h3-13H,2,14-15H2,1H3. The summed E-state index contributed by atoms with van der Waals surface area (Å²) in [5.41, 5.74) is 3.32. The van der Waals surface area contributed by atoms with Crippen LogP contribution in [-0.2, 0) is 6.61 Å². The Labute approximate surface area is 158 Å². The van der Waals surface area contributed by atoms with E-state index in [1.165, 1.54) is 0 Å². The third kappa shape index (κ3) is 3.33. The predicted molar refractivity (Wildman–Crippen MR) is 106 cm³/mol. The molecule has 1 aliphatic heterocycles. The Morgan fingerprint density at radius 2 is 1.85 bits per heavy atom. The van der Waals surface area contributed by atoms with Crippen molar-refractivity contribution >= 4 is 28.8 Å². The molecule has 4 rings (SSSR count). The highest BCUT2D eigenvalue weighted by atomic mass is 35.5. The lowest BCUT2D eigenvalue weighted by Crippen LogP contribution is -2.27. The fourth-order valence-electron chi connectivity index (χ4n) is 3.11. The van der Waals surface area contributed by atoms with Gasteiger partial charge in [0.25, 0.3) is 0 Å². The highest BCUT2D eigenvalue weighted by molar-refractivity contribution is 6.30. The molecule has 0 saturated heterocycles. The SMILES string of the molecule is CCN1CN(c2ccc(OCc3ccccc3)cc2)c2ncc(Cl)cc21. The summed E-state index contributed by atoms with van der Waals surface area (Å²) < 4.78 is 5.88. The van der Waals surface area contributed by atoms with Gasteiger partial charge in [-0.3, -0.25) is 0 Å². The van der Waals surface area contributed by atoms with Gasteiger partial charge in [0.1, 0.15) is 12.4 Å². The fraction of sp³-hybridized carbons (Fsp3) is 0.190. The molecule has 0 fully saturated rings. The Morgan fingerprint density at radius 3 is 2.58 bits per heavy atom. The van der Waals surface area contributed by atoms with Crippen LogP contribution in [0.15, 0.2) is 66.9 Å². The summed E-state index contributed by atoms with van der Waals surface area (Å²) in [4.78, 5) is 8.98. The molecule has 2 aromatic carbocycles. The molecule has 0 radical (unpaired) electrons. The Bertz CT molecular complexity index is 884. The summed E-state index contributed by atoms with van der Waals surface area (Å²) in [6.45, 7) is 4.37. The zero-order valence-electron chi connectivity index (χ0n) is 14.6. The first-order valence-corrected chi connectivity index (χ1v) is 9.07. The van der Waals surface area contributed by atoms with E-state index >= 15 is 0 Å². The third-order valence-corrected chi connectivity index (χ3v) is 4.71. The molecule has 5 heteroatoms. The second kappa shape index (κ2) is 7.26. The lowest BCUT2D eigenvalue weighted by Gasteiger charge is -2.20. The van der Waals surface area contributed by atoms with Crippen LogP contribution in [-0.4, -0.2) is 18.2 Å². The lowest BCUT2D eigenvalue weighted by molar-refractivity contribution is 0.306. The van der Waals surface area contributed by atoms with Gasteiger partial charge >= 0.3 is 0 Å². The number of hydrogen-bond donors (Lipinski definition) is 0. The largest absolute Gasteiger partial charge is 0.489 e. The van der Waals surface area contributed by atoms with Gasteiger partial charge in [0.15, 0.2) is 5.82 Å². The van der Waals surface area contributed by atoms with Crippen molar-refractivity contribution in [1.29, 1.82) is 0 Å². The fourth-order valence-corrected chi connectivity index (χ4v) is 3.27. The number of ether oxygens (including phenoxy) is 1. The van der Waals surface area contributed by atoms with E-state index in [9.17, 15) is 0 Å². The summed E-state index contributed by atoms with van der Waals surface area (Å²) in [6, 6.07) is 20.3. The van der Waals surface area contributed by atoms with Crippen LogP contribution in [0.4, 0.5) is 17.2 Å². The van der Waals surface area contributed by atoms with Crippen molar-refractivity contribution in [1.82, 2.24) is 4.98 Å². The van der Waals surface area contributed by atoms with Crippen LogP contribution in [0.2, 0.25) is 5.02 Å². The topological polar surface area (TPSA) is 28.6 Å². The van der Waals surface area contributed by atoms with E-state index in [-0.39, 0.29) is 0 Å². The Balaban J connectivity index is 1.51. The first-order chi connectivity index (χ1) is 12.7. The molecule has 3 aromatic rings. The lowest BCUT2D eigenvalue weighted by atomic mass is 10.2. The van der Waals surface area contributed by atoms with Crippen molar-refractivity contribution in [2.24, 2.45) is 0 Å². The van der Waals surface area contributed by atoms with E-state index in [1.54, 1.807) is 6.20 Å². The van der Waals surface area contributed by atoms with Crippen LogP contribution in [0.5, 0.6) is 5.75 Å². The summed E-state index contributed by atoms with van der Waals surface area (Å²) >= 11 is 6.12. The Kier molecular flexibility index (Phi) is 4.67. The summed E-state index contributed by atoms with van der Waals surface area (Å²) in [5.74, 6) is 1.79. The van der Waals surface area contributed by atoms with Crippen LogP contribution in [0.25, 0.3) is 0 Å². The van der Waals surface area contributed by atoms with E-state index in [0.29, 0.717) is 11.6 Å². The van der Waals surface area contributed by atoms with Crippen molar-refractivity contribution in [3.63, 3.8) is 0 Å². The molecule has 0 spiro atoms. The molecule has 0 bridgehead atoms. The molecule has 4 nitrogen and oxygen atoms in total. The van der Waals surface area contributed by atoms with Crippen LogP contribution in [0, 0.1) is 0 Å². The minimum absolute atomic E-state index is 0.566. The van der Waals surface area contributed by atoms with Gasteiger partial charge in [-0.05, 0) is 42.8 Å². The van der Waals surface area contributed by atoms with Crippen LogP contribution in [0.1, 0.15) is 12.5 Å². The van der Waals surface area contributed by atoms with Crippen molar-refractivity contribution < 1.29 is 4.74 Å². The first kappa shape index (κ1) is 16.7. The van der Waals surface area contributed by atoms with Crippen molar-refractivity contribution in [2.75, 3.05) is 23.0 Å². The molecule has 26 heavy (non-hydrogen) atoms. The van der Waals surface area contributed by atoms with Crippen LogP contribution < -0.4 is 14.5 Å². The van der Waals surface area contributed by atoms with Crippen molar-refractivity contribution in [2.45, 2.75) is 13.5 Å². The number of fused-ring (bicyclic) bond motifs is 1. The maximum Gasteiger partial charge on any atom is 0.158 e. The minimum atomic E-state index is 0.566. The first-order valence-electron chi connectivity index (χ1n) is 8.69. The molecule has 1 aromatic heterocycles. The molecule has 0 saturated carbocycles. The number of hydrogen-bond acceptors (Lipinski definition) is 4. The second-order valence-corrected chi connectivity index (χ2v) is 6.63. The van der Waals surface area contributed by atoms with Crippen molar-refractivity contribution in [3.8, 4) is 5.75 Å². The van der Waals surface area contributed by atoms with Gasteiger partial charge in [-0.2, -0.15) is 0 Å². The van der Waals surface area contributed by atoms with E-state index in [2.05, 4.69) is 46.0 Å². The number of halogens is 1. The second-order valence-electron chi connectivity index (χ2n) is 6.19. The normalized spacial score (nSPS) is 13.0. The minimum Gasteiger partial charge on any atom is -0.489 e. The van der Waals surface area contributed by atoms with Gasteiger partial charge in [-0.15, -0.1) is 0 Å². The zero-order valence-corrected chi connectivity index (χ0v) is 15.4. The smallest absolute Gasteiger partial charge is 0.158 e. The van der Waals surface area contributed by atoms with Gasteiger partial charge in [-0.1, -0.05) is 41.9 Å². The van der Waals surface area contributed by atoms with E-state index in [4.69, 9.17) is 16.3 Å². The highest BCUT2D eigenvalue weighted by Crippen LogP contribution is 2.40. The molecular weight excluding hydrogens is 346 g/mol. The molecule has 0 amide bonds. The molecular formula is C21H20ClN3O. The average Bonchev–Trinajstić information content (AvgIpc) is 3.05. The van der Waals surface area contributed by atoms with Gasteiger partial charge in [0.2, 0.25) is 0 Å². The number of benzene rings is 2. The molecule has 0 unspecified atom stereocenters. The summed E-state index contributed by atoms with van der Waals surface area (Å²) in [5, 5.41) is 0.661. The van der Waals surface area contributed by atoms with Gasteiger partial charge in [-0.25, -0.2) is 4.98 Å². The quantitative estimate of drug-likeness (QED) is 0.617. The van der Waals surface area contributed by atoms with Gasteiger partial charge < -0.3 is 14.5 Å². The Hall–Kier alpha value is -2.72. The predicted octanol–water partition coefficient (Wildman–Crippen LogP) is 5.25. The maximum atomic E-state index is 6.12. The zero-order chi connectivity index (χ0) is 17.9. The molecule has 0 atom stereocenters. The van der Waals surface area contributed by atoms with E-state index in [0.717, 1.165) is 41.7 Å². The molecule has 1 aliphatic rings. The third-order valence-electron chi connectivity index (χ3n) is 4.50. The number of aromatic nitrogens is 1. The van der Waals surface area contributed by atoms with Crippen molar-refractivity contribution in [3.05, 3.63) is 77.4 Å². The number of pyridine rings is 1. The number of rotatable bonds is 5. The highest BCUT2D eigenvalue weighted by Gasteiger charge is 2.27. The maximum absolute atomic E-state index is 6.12. The molecule has 132 valence electrons. The van der Waals surface area contributed by atoms with Gasteiger partial charge in [0, 0.05) is 18.4 Å².